The molecule has 2 heteroatoms. The van der Waals surface area contributed by atoms with Crippen molar-refractivity contribution >= 4 is 0 Å². The Hall–Kier alpha value is -2.22. The molecule has 0 radical (unpaired) electrons. The summed E-state index contributed by atoms with van der Waals surface area (Å²) in [6.45, 7) is 4.44. The van der Waals surface area contributed by atoms with Gasteiger partial charge in [0.2, 0.25) is 0 Å². The Bertz CT molecular complexity index is 745. The highest BCUT2D eigenvalue weighted by atomic mass is 16.5. The third-order valence-corrected chi connectivity index (χ3v) is 5.87. The van der Waals surface area contributed by atoms with Crippen molar-refractivity contribution in [3.05, 3.63) is 71.3 Å². The lowest BCUT2D eigenvalue weighted by Gasteiger charge is -2.40. The van der Waals surface area contributed by atoms with Gasteiger partial charge in [-0.3, -0.25) is 0 Å². The van der Waals surface area contributed by atoms with Gasteiger partial charge in [-0.05, 0) is 78.5 Å². The Morgan fingerprint density at radius 1 is 1.00 bits per heavy atom. The summed E-state index contributed by atoms with van der Waals surface area (Å²) >= 11 is 0. The molecule has 138 valence electrons. The van der Waals surface area contributed by atoms with Gasteiger partial charge in [-0.1, -0.05) is 43.7 Å². The van der Waals surface area contributed by atoms with E-state index in [4.69, 9.17) is 9.47 Å². The summed E-state index contributed by atoms with van der Waals surface area (Å²) in [6.07, 6.45) is 7.84. The topological polar surface area (TPSA) is 18.5 Å². The molecule has 1 aliphatic rings. The molecule has 0 aliphatic heterocycles. The minimum Gasteiger partial charge on any atom is -0.497 e. The molecule has 3 atom stereocenters. The van der Waals surface area contributed by atoms with Crippen molar-refractivity contribution in [3.8, 4) is 11.5 Å². The Labute approximate surface area is 157 Å². The molecule has 2 aromatic rings. The predicted molar refractivity (Wildman–Crippen MR) is 108 cm³/mol. The molecule has 0 amide bonds. The maximum atomic E-state index is 5.51. The van der Waals surface area contributed by atoms with Crippen LogP contribution in [-0.2, 0) is 6.42 Å². The first-order valence-corrected chi connectivity index (χ1v) is 9.63. The van der Waals surface area contributed by atoms with Crippen LogP contribution in [0.2, 0.25) is 0 Å². The van der Waals surface area contributed by atoms with Crippen LogP contribution in [-0.4, -0.2) is 14.2 Å². The Morgan fingerprint density at radius 3 is 2.31 bits per heavy atom. The van der Waals surface area contributed by atoms with Gasteiger partial charge in [0.25, 0.3) is 0 Å². The molecule has 2 nitrogen and oxygen atoms in total. The van der Waals surface area contributed by atoms with Crippen LogP contribution in [0.25, 0.3) is 0 Å². The van der Waals surface area contributed by atoms with Gasteiger partial charge >= 0.3 is 0 Å². The fraction of sp³-hybridized carbons (Fsp3) is 0.417. The SMILES string of the molecule is C/C=C/CC1c2cc(OC)ccc2CC(c2ccc(OC)cc2)C1CC. The average Bonchev–Trinajstić information content (AvgIpc) is 2.70. The maximum absolute atomic E-state index is 5.51. The monoisotopic (exact) mass is 350 g/mol. The first kappa shape index (κ1) is 18.6. The van der Waals surface area contributed by atoms with E-state index < -0.39 is 0 Å². The predicted octanol–water partition coefficient (Wildman–Crippen LogP) is 6.12. The highest BCUT2D eigenvalue weighted by Crippen LogP contribution is 2.48. The summed E-state index contributed by atoms with van der Waals surface area (Å²) in [6, 6.07) is 15.3. The molecule has 26 heavy (non-hydrogen) atoms. The van der Waals surface area contributed by atoms with Crippen LogP contribution in [0, 0.1) is 5.92 Å². The number of hydrogen-bond acceptors (Lipinski definition) is 2. The van der Waals surface area contributed by atoms with E-state index in [1.807, 2.05) is 0 Å². The van der Waals surface area contributed by atoms with Crippen LogP contribution in [0.4, 0.5) is 0 Å². The van der Waals surface area contributed by atoms with E-state index >= 15 is 0 Å². The minimum absolute atomic E-state index is 0.530. The number of hydrogen-bond donors (Lipinski definition) is 0. The van der Waals surface area contributed by atoms with Crippen molar-refractivity contribution in [2.24, 2.45) is 5.92 Å². The van der Waals surface area contributed by atoms with E-state index in [0.717, 1.165) is 24.3 Å². The van der Waals surface area contributed by atoms with Crippen LogP contribution in [0.1, 0.15) is 55.2 Å². The van der Waals surface area contributed by atoms with Crippen LogP contribution in [0.3, 0.4) is 0 Å². The zero-order valence-electron chi connectivity index (χ0n) is 16.4. The molecular formula is C24H30O2. The van der Waals surface area contributed by atoms with Crippen molar-refractivity contribution in [2.45, 2.75) is 44.9 Å². The van der Waals surface area contributed by atoms with Crippen LogP contribution in [0.5, 0.6) is 11.5 Å². The lowest BCUT2D eigenvalue weighted by molar-refractivity contribution is 0.313. The fourth-order valence-corrected chi connectivity index (χ4v) is 4.50. The molecule has 1 aliphatic carbocycles. The van der Waals surface area contributed by atoms with Gasteiger partial charge < -0.3 is 9.47 Å². The molecule has 0 bridgehead atoms. The molecular weight excluding hydrogens is 320 g/mol. The quantitative estimate of drug-likeness (QED) is 0.584. The molecule has 0 aromatic heterocycles. The fourth-order valence-electron chi connectivity index (χ4n) is 4.50. The highest BCUT2D eigenvalue weighted by Gasteiger charge is 2.36. The molecule has 0 fully saturated rings. The molecule has 3 rings (SSSR count). The molecule has 0 heterocycles. The van der Waals surface area contributed by atoms with Gasteiger partial charge in [0.15, 0.2) is 0 Å². The summed E-state index contributed by atoms with van der Waals surface area (Å²) in [4.78, 5) is 0. The van der Waals surface area contributed by atoms with Crippen molar-refractivity contribution in [2.75, 3.05) is 14.2 Å². The van der Waals surface area contributed by atoms with Crippen molar-refractivity contribution in [3.63, 3.8) is 0 Å². The second-order valence-corrected chi connectivity index (χ2v) is 7.13. The summed E-state index contributed by atoms with van der Waals surface area (Å²) in [5.74, 6) is 3.59. The van der Waals surface area contributed by atoms with E-state index in [-0.39, 0.29) is 0 Å². The lowest BCUT2D eigenvalue weighted by Crippen LogP contribution is -2.28. The summed E-state index contributed by atoms with van der Waals surface area (Å²) < 4.78 is 10.8. The number of ether oxygens (including phenoxy) is 2. The van der Waals surface area contributed by atoms with Gasteiger partial charge in [-0.15, -0.1) is 0 Å². The van der Waals surface area contributed by atoms with Gasteiger partial charge in [-0.25, -0.2) is 0 Å². The van der Waals surface area contributed by atoms with Crippen LogP contribution >= 0.6 is 0 Å². The molecule has 0 N–H and O–H groups in total. The zero-order chi connectivity index (χ0) is 18.5. The highest BCUT2D eigenvalue weighted by molar-refractivity contribution is 5.43. The second-order valence-electron chi connectivity index (χ2n) is 7.13. The van der Waals surface area contributed by atoms with Crippen molar-refractivity contribution < 1.29 is 9.47 Å². The Morgan fingerprint density at radius 2 is 1.69 bits per heavy atom. The second kappa shape index (κ2) is 8.44. The zero-order valence-corrected chi connectivity index (χ0v) is 16.4. The van der Waals surface area contributed by atoms with Crippen molar-refractivity contribution in [1.29, 1.82) is 0 Å². The number of allylic oxidation sites excluding steroid dienone is 2. The van der Waals surface area contributed by atoms with Gasteiger partial charge in [0, 0.05) is 0 Å². The van der Waals surface area contributed by atoms with Gasteiger partial charge in [0.1, 0.15) is 11.5 Å². The molecule has 0 saturated heterocycles. The number of methoxy groups -OCH3 is 2. The summed E-state index contributed by atoms with van der Waals surface area (Å²) in [5, 5.41) is 0. The lowest BCUT2D eigenvalue weighted by atomic mass is 9.65. The maximum Gasteiger partial charge on any atom is 0.119 e. The Balaban J connectivity index is 2.03. The normalized spacial score (nSPS) is 22.2. The Kier molecular flexibility index (Phi) is 6.03. The molecule has 0 spiro atoms. The third kappa shape index (κ3) is 3.65. The molecule has 2 aromatic carbocycles. The van der Waals surface area contributed by atoms with E-state index in [1.54, 1.807) is 14.2 Å². The van der Waals surface area contributed by atoms with Crippen LogP contribution in [0.15, 0.2) is 54.6 Å². The van der Waals surface area contributed by atoms with Gasteiger partial charge in [0.05, 0.1) is 14.2 Å². The first-order chi connectivity index (χ1) is 12.7. The summed E-state index contributed by atoms with van der Waals surface area (Å²) in [5.41, 5.74) is 4.36. The van der Waals surface area contributed by atoms with E-state index in [1.165, 1.54) is 23.1 Å². The van der Waals surface area contributed by atoms with Crippen molar-refractivity contribution in [1.82, 2.24) is 0 Å². The molecule has 0 saturated carbocycles. The van der Waals surface area contributed by atoms with Gasteiger partial charge in [-0.2, -0.15) is 0 Å². The number of fused-ring (bicyclic) bond motifs is 1. The van der Waals surface area contributed by atoms with Crippen LogP contribution < -0.4 is 9.47 Å². The third-order valence-electron chi connectivity index (χ3n) is 5.87. The summed E-state index contributed by atoms with van der Waals surface area (Å²) in [7, 11) is 3.48. The van der Waals surface area contributed by atoms with E-state index in [0.29, 0.717) is 17.8 Å². The first-order valence-electron chi connectivity index (χ1n) is 9.63. The average molecular weight is 351 g/mol. The van der Waals surface area contributed by atoms with E-state index in [2.05, 4.69) is 68.5 Å². The largest absolute Gasteiger partial charge is 0.497 e. The minimum atomic E-state index is 0.530. The van der Waals surface area contributed by atoms with E-state index in [9.17, 15) is 0 Å². The molecule has 3 unspecified atom stereocenters. The number of benzene rings is 2. The standard InChI is InChI=1S/C24H30O2/c1-5-7-8-22-21(6-2)23(17-9-12-19(25-3)13-10-17)15-18-11-14-20(26-4)16-24(18)22/h5,7,9-14,16,21-23H,6,8,15H2,1-4H3/b7-5+. The number of rotatable bonds is 6. The smallest absolute Gasteiger partial charge is 0.119 e.